The number of ketones is 1. The van der Waals surface area contributed by atoms with Gasteiger partial charge in [-0.05, 0) is 43.2 Å². The normalized spacial score (nSPS) is 11.0. The van der Waals surface area contributed by atoms with Gasteiger partial charge in [-0.1, -0.05) is 48.0 Å². The number of aryl methyl sites for hydroxylation is 1. The van der Waals surface area contributed by atoms with Crippen molar-refractivity contribution in [1.82, 2.24) is 9.38 Å². The van der Waals surface area contributed by atoms with Crippen LogP contribution in [0.4, 0.5) is 0 Å². The number of fused-ring (bicyclic) bond motifs is 1. The number of carbonyl (C=O) groups is 1. The molecule has 2 aromatic heterocycles. The number of hydrogen-bond acceptors (Lipinski definition) is 2. The highest BCUT2D eigenvalue weighted by molar-refractivity contribution is 5.95. The molecule has 0 aliphatic carbocycles. The SMILES string of the molecule is CC(=O)c1ccc(-c2ccc(C)cc2-c2ncc3ccccn23)cc1. The smallest absolute Gasteiger partial charge is 0.159 e. The van der Waals surface area contributed by atoms with Crippen LogP contribution in [0.15, 0.2) is 73.1 Å². The lowest BCUT2D eigenvalue weighted by molar-refractivity contribution is 0.101. The Hall–Kier alpha value is -3.20. The van der Waals surface area contributed by atoms with Crippen molar-refractivity contribution < 1.29 is 4.79 Å². The number of imidazole rings is 1. The topological polar surface area (TPSA) is 34.4 Å². The average molecular weight is 326 g/mol. The molecule has 25 heavy (non-hydrogen) atoms. The molecular formula is C22H18N2O. The van der Waals surface area contributed by atoms with Gasteiger partial charge < -0.3 is 0 Å². The van der Waals surface area contributed by atoms with Crippen molar-refractivity contribution in [2.45, 2.75) is 13.8 Å². The van der Waals surface area contributed by atoms with E-state index in [0.29, 0.717) is 0 Å². The van der Waals surface area contributed by atoms with E-state index in [-0.39, 0.29) is 5.78 Å². The van der Waals surface area contributed by atoms with Crippen LogP contribution in [0, 0.1) is 6.92 Å². The summed E-state index contributed by atoms with van der Waals surface area (Å²) in [7, 11) is 0. The minimum Gasteiger partial charge on any atom is -0.300 e. The molecule has 2 aromatic carbocycles. The first-order valence-electron chi connectivity index (χ1n) is 8.28. The molecule has 0 fully saturated rings. The lowest BCUT2D eigenvalue weighted by Crippen LogP contribution is -1.94. The first-order valence-corrected chi connectivity index (χ1v) is 8.28. The fourth-order valence-corrected chi connectivity index (χ4v) is 3.12. The van der Waals surface area contributed by atoms with E-state index in [1.54, 1.807) is 6.92 Å². The zero-order chi connectivity index (χ0) is 17.4. The largest absolute Gasteiger partial charge is 0.300 e. The Labute approximate surface area is 146 Å². The monoisotopic (exact) mass is 326 g/mol. The molecule has 0 aliphatic rings. The minimum atomic E-state index is 0.0786. The Morgan fingerprint density at radius 3 is 2.52 bits per heavy atom. The highest BCUT2D eigenvalue weighted by atomic mass is 16.1. The number of rotatable bonds is 3. The first-order chi connectivity index (χ1) is 12.1. The Bertz CT molecular complexity index is 1070. The van der Waals surface area contributed by atoms with Crippen LogP contribution in [0.3, 0.4) is 0 Å². The van der Waals surface area contributed by atoms with Crippen molar-refractivity contribution in [1.29, 1.82) is 0 Å². The van der Waals surface area contributed by atoms with E-state index in [9.17, 15) is 4.79 Å². The summed E-state index contributed by atoms with van der Waals surface area (Å²) in [5, 5.41) is 0. The molecule has 0 radical (unpaired) electrons. The highest BCUT2D eigenvalue weighted by Gasteiger charge is 2.13. The number of benzene rings is 2. The molecule has 0 atom stereocenters. The van der Waals surface area contributed by atoms with E-state index in [4.69, 9.17) is 0 Å². The Morgan fingerprint density at radius 2 is 1.76 bits per heavy atom. The van der Waals surface area contributed by atoms with E-state index >= 15 is 0 Å². The van der Waals surface area contributed by atoms with Gasteiger partial charge in [0.25, 0.3) is 0 Å². The van der Waals surface area contributed by atoms with Crippen molar-refractivity contribution >= 4 is 11.3 Å². The van der Waals surface area contributed by atoms with Crippen LogP contribution in [0.2, 0.25) is 0 Å². The van der Waals surface area contributed by atoms with Gasteiger partial charge in [0.1, 0.15) is 5.82 Å². The molecular weight excluding hydrogens is 308 g/mol. The number of Topliss-reactive ketones (excluding diaryl/α,β-unsaturated/α-hetero) is 1. The minimum absolute atomic E-state index is 0.0786. The molecule has 4 rings (SSSR count). The van der Waals surface area contributed by atoms with Gasteiger partial charge in [-0.25, -0.2) is 4.98 Å². The average Bonchev–Trinajstić information content (AvgIpc) is 3.06. The predicted octanol–water partition coefficient (Wildman–Crippen LogP) is 5.18. The maximum Gasteiger partial charge on any atom is 0.159 e. The molecule has 0 aliphatic heterocycles. The number of hydrogen-bond donors (Lipinski definition) is 0. The van der Waals surface area contributed by atoms with Crippen molar-refractivity contribution in [3.8, 4) is 22.5 Å². The van der Waals surface area contributed by atoms with Crippen molar-refractivity contribution in [3.63, 3.8) is 0 Å². The summed E-state index contributed by atoms with van der Waals surface area (Å²) >= 11 is 0. The predicted molar refractivity (Wildman–Crippen MR) is 101 cm³/mol. The molecule has 0 amide bonds. The Balaban J connectivity index is 1.91. The van der Waals surface area contributed by atoms with Gasteiger partial charge in [-0.15, -0.1) is 0 Å². The van der Waals surface area contributed by atoms with Gasteiger partial charge in [0, 0.05) is 17.3 Å². The van der Waals surface area contributed by atoms with Crippen LogP contribution in [-0.2, 0) is 0 Å². The number of carbonyl (C=O) groups excluding carboxylic acids is 1. The molecule has 0 spiro atoms. The second kappa shape index (κ2) is 6.02. The van der Waals surface area contributed by atoms with Gasteiger partial charge in [-0.3, -0.25) is 9.20 Å². The summed E-state index contributed by atoms with van der Waals surface area (Å²) in [6, 6.07) is 20.2. The molecule has 3 nitrogen and oxygen atoms in total. The highest BCUT2D eigenvalue weighted by Crippen LogP contribution is 2.32. The summed E-state index contributed by atoms with van der Waals surface area (Å²) < 4.78 is 2.10. The maximum atomic E-state index is 11.5. The Kier molecular flexibility index (Phi) is 3.69. The van der Waals surface area contributed by atoms with Crippen molar-refractivity contribution in [3.05, 3.63) is 84.2 Å². The lowest BCUT2D eigenvalue weighted by atomic mass is 9.96. The summed E-state index contributed by atoms with van der Waals surface area (Å²) in [5.41, 5.74) is 6.25. The fraction of sp³-hybridized carbons (Fsp3) is 0.0909. The third-order valence-corrected chi connectivity index (χ3v) is 4.46. The van der Waals surface area contributed by atoms with Crippen LogP contribution in [0.25, 0.3) is 28.0 Å². The third kappa shape index (κ3) is 2.74. The van der Waals surface area contributed by atoms with Crippen molar-refractivity contribution in [2.24, 2.45) is 0 Å². The summed E-state index contributed by atoms with van der Waals surface area (Å²) in [5.74, 6) is 1.000. The molecule has 0 saturated heterocycles. The molecule has 3 heteroatoms. The number of aromatic nitrogens is 2. The van der Waals surface area contributed by atoms with Gasteiger partial charge in [0.05, 0.1) is 11.7 Å². The van der Waals surface area contributed by atoms with Crippen LogP contribution < -0.4 is 0 Å². The summed E-state index contributed by atoms with van der Waals surface area (Å²) in [6.07, 6.45) is 3.92. The zero-order valence-corrected chi connectivity index (χ0v) is 14.2. The molecule has 0 bridgehead atoms. The lowest BCUT2D eigenvalue weighted by Gasteiger charge is -2.11. The molecule has 2 heterocycles. The molecule has 4 aromatic rings. The summed E-state index contributed by atoms with van der Waals surface area (Å²) in [6.45, 7) is 3.67. The molecule has 122 valence electrons. The summed E-state index contributed by atoms with van der Waals surface area (Å²) in [4.78, 5) is 16.2. The van der Waals surface area contributed by atoms with Crippen LogP contribution in [0.5, 0.6) is 0 Å². The quantitative estimate of drug-likeness (QED) is 0.486. The fourth-order valence-electron chi connectivity index (χ4n) is 3.12. The van der Waals surface area contributed by atoms with Crippen LogP contribution in [-0.4, -0.2) is 15.2 Å². The van der Waals surface area contributed by atoms with Gasteiger partial charge >= 0.3 is 0 Å². The zero-order valence-electron chi connectivity index (χ0n) is 14.2. The van der Waals surface area contributed by atoms with E-state index in [1.165, 1.54) is 5.56 Å². The molecule has 0 saturated carbocycles. The van der Waals surface area contributed by atoms with Crippen LogP contribution >= 0.6 is 0 Å². The first kappa shape index (κ1) is 15.3. The van der Waals surface area contributed by atoms with Crippen LogP contribution in [0.1, 0.15) is 22.8 Å². The second-order valence-corrected chi connectivity index (χ2v) is 6.26. The molecule has 0 unspecified atom stereocenters. The van der Waals surface area contributed by atoms with Crippen molar-refractivity contribution in [2.75, 3.05) is 0 Å². The van der Waals surface area contributed by atoms with E-state index < -0.39 is 0 Å². The van der Waals surface area contributed by atoms with Gasteiger partial charge in [0.15, 0.2) is 5.78 Å². The standard InChI is InChI=1S/C22H18N2O/c1-15-6-11-20(18-9-7-17(8-10-18)16(2)25)21(13-15)22-23-14-19-5-3-4-12-24(19)22/h3-14H,1-2H3. The van der Waals surface area contributed by atoms with Gasteiger partial charge in [-0.2, -0.15) is 0 Å². The van der Waals surface area contributed by atoms with Gasteiger partial charge in [0.2, 0.25) is 0 Å². The van der Waals surface area contributed by atoms with E-state index in [0.717, 1.165) is 33.6 Å². The maximum absolute atomic E-state index is 11.5. The third-order valence-electron chi connectivity index (χ3n) is 4.46. The number of pyridine rings is 1. The van der Waals surface area contributed by atoms with E-state index in [2.05, 4.69) is 34.5 Å². The second-order valence-electron chi connectivity index (χ2n) is 6.26. The van der Waals surface area contributed by atoms with E-state index in [1.807, 2.05) is 54.9 Å². The molecule has 0 N–H and O–H groups in total. The Morgan fingerprint density at radius 1 is 0.960 bits per heavy atom. The number of nitrogens with zero attached hydrogens (tertiary/aromatic N) is 2.